The Hall–Kier alpha value is -1.03. The van der Waals surface area contributed by atoms with Crippen molar-refractivity contribution in [2.24, 2.45) is 0 Å². The molecular weight excluding hydrogens is 258 g/mol. The molecule has 4 heteroatoms. The molecule has 0 heterocycles. The van der Waals surface area contributed by atoms with Crippen LogP contribution in [0.4, 0.5) is 5.69 Å². The van der Waals surface area contributed by atoms with Gasteiger partial charge in [0.15, 0.2) is 0 Å². The van der Waals surface area contributed by atoms with E-state index in [0.717, 1.165) is 10.2 Å². The largest absolute Gasteiger partial charge is 0.464 e. The monoisotopic (exact) mass is 271 g/mol. The summed E-state index contributed by atoms with van der Waals surface area (Å²) in [6, 6.07) is 7.31. The fraction of sp³-hybridized carbons (Fsp3) is 0.364. The van der Waals surface area contributed by atoms with E-state index in [1.807, 2.05) is 24.3 Å². The van der Waals surface area contributed by atoms with Crippen LogP contribution in [0.25, 0.3) is 0 Å². The van der Waals surface area contributed by atoms with Gasteiger partial charge in [-0.25, -0.2) is 4.79 Å². The van der Waals surface area contributed by atoms with Crippen molar-refractivity contribution < 1.29 is 9.53 Å². The van der Waals surface area contributed by atoms with Crippen molar-refractivity contribution in [1.82, 2.24) is 0 Å². The summed E-state index contributed by atoms with van der Waals surface area (Å²) < 4.78 is 5.90. The lowest BCUT2D eigenvalue weighted by atomic mass is 10.2. The molecule has 0 bridgehead atoms. The lowest BCUT2D eigenvalue weighted by molar-refractivity contribution is -0.143. The first kappa shape index (κ1) is 12.0. The van der Waals surface area contributed by atoms with Crippen LogP contribution < -0.4 is 5.32 Å². The molecule has 0 radical (unpaired) electrons. The number of hydrogen-bond acceptors (Lipinski definition) is 3. The van der Waals surface area contributed by atoms with E-state index in [9.17, 15) is 4.79 Å². The lowest BCUT2D eigenvalue weighted by Gasteiger charge is -2.13. The Bertz CT molecular complexity index is 324. The third kappa shape index (κ3) is 3.91. The molecule has 0 aromatic heterocycles. The van der Waals surface area contributed by atoms with Crippen molar-refractivity contribution in [2.75, 3.05) is 11.9 Å². The Morgan fingerprint density at radius 2 is 2.07 bits per heavy atom. The molecule has 0 spiro atoms. The van der Waals surface area contributed by atoms with E-state index in [4.69, 9.17) is 4.74 Å². The van der Waals surface area contributed by atoms with Crippen LogP contribution in [0, 0.1) is 0 Å². The Balaban J connectivity index is 2.54. The molecule has 0 saturated carbocycles. The Morgan fingerprint density at radius 1 is 1.47 bits per heavy atom. The topological polar surface area (TPSA) is 38.3 Å². The number of nitrogens with one attached hydrogen (secondary N) is 1. The van der Waals surface area contributed by atoms with E-state index in [0.29, 0.717) is 6.61 Å². The Morgan fingerprint density at radius 3 is 2.60 bits per heavy atom. The van der Waals surface area contributed by atoms with E-state index in [1.54, 1.807) is 13.8 Å². The Kier molecular flexibility index (Phi) is 4.62. The third-order valence-electron chi connectivity index (χ3n) is 1.87. The van der Waals surface area contributed by atoms with Crippen LogP contribution >= 0.6 is 15.9 Å². The molecule has 1 rings (SSSR count). The molecule has 1 aromatic carbocycles. The SMILES string of the molecule is CCOC(=O)[C@H](C)Nc1ccc(Br)cc1. The second-order valence-electron chi connectivity index (χ2n) is 3.12. The van der Waals surface area contributed by atoms with E-state index < -0.39 is 0 Å². The number of carbonyl (C=O) groups is 1. The predicted molar refractivity (Wildman–Crippen MR) is 63.9 cm³/mol. The standard InChI is InChI=1S/C11H14BrNO2/c1-3-15-11(14)8(2)13-10-6-4-9(12)5-7-10/h4-8,13H,3H2,1-2H3/t8-/m0/s1. The summed E-state index contributed by atoms with van der Waals surface area (Å²) in [5, 5.41) is 3.06. The minimum absolute atomic E-state index is 0.236. The van der Waals surface area contributed by atoms with Gasteiger partial charge >= 0.3 is 5.97 Å². The minimum Gasteiger partial charge on any atom is -0.464 e. The van der Waals surface area contributed by atoms with Gasteiger partial charge in [-0.2, -0.15) is 0 Å². The molecule has 0 aliphatic heterocycles. The normalized spacial score (nSPS) is 11.9. The van der Waals surface area contributed by atoms with Crippen molar-refractivity contribution in [1.29, 1.82) is 0 Å². The molecule has 0 aliphatic carbocycles. The van der Waals surface area contributed by atoms with Crippen LogP contribution in [0.3, 0.4) is 0 Å². The fourth-order valence-corrected chi connectivity index (χ4v) is 1.39. The average Bonchev–Trinajstić information content (AvgIpc) is 2.22. The van der Waals surface area contributed by atoms with Crippen LogP contribution in [-0.2, 0) is 9.53 Å². The minimum atomic E-state index is -0.328. The van der Waals surface area contributed by atoms with Crippen LogP contribution in [0.2, 0.25) is 0 Å². The molecule has 0 fully saturated rings. The molecule has 1 atom stereocenters. The molecule has 82 valence electrons. The molecule has 0 amide bonds. The fourth-order valence-electron chi connectivity index (χ4n) is 1.12. The van der Waals surface area contributed by atoms with Gasteiger partial charge in [0.1, 0.15) is 6.04 Å². The van der Waals surface area contributed by atoms with Crippen molar-refractivity contribution in [3.63, 3.8) is 0 Å². The summed E-state index contributed by atoms with van der Waals surface area (Å²) in [6.07, 6.45) is 0. The number of halogens is 1. The van der Waals surface area contributed by atoms with Gasteiger partial charge in [0.05, 0.1) is 6.61 Å². The highest BCUT2D eigenvalue weighted by atomic mass is 79.9. The third-order valence-corrected chi connectivity index (χ3v) is 2.40. The predicted octanol–water partition coefficient (Wildman–Crippen LogP) is 2.81. The molecule has 15 heavy (non-hydrogen) atoms. The zero-order chi connectivity index (χ0) is 11.3. The van der Waals surface area contributed by atoms with Crippen LogP contribution in [0.1, 0.15) is 13.8 Å². The van der Waals surface area contributed by atoms with E-state index >= 15 is 0 Å². The summed E-state index contributed by atoms with van der Waals surface area (Å²) in [5.41, 5.74) is 0.902. The van der Waals surface area contributed by atoms with Gasteiger partial charge in [-0.3, -0.25) is 0 Å². The van der Waals surface area contributed by atoms with Crippen LogP contribution in [0.5, 0.6) is 0 Å². The molecule has 3 nitrogen and oxygen atoms in total. The molecule has 1 N–H and O–H groups in total. The molecule has 0 saturated heterocycles. The van der Waals surface area contributed by atoms with Gasteiger partial charge in [-0.15, -0.1) is 0 Å². The van der Waals surface area contributed by atoms with Gasteiger partial charge < -0.3 is 10.1 Å². The maximum absolute atomic E-state index is 11.3. The summed E-state index contributed by atoms with van der Waals surface area (Å²) in [5.74, 6) is -0.236. The van der Waals surface area contributed by atoms with Gasteiger partial charge in [-0.05, 0) is 38.1 Å². The zero-order valence-corrected chi connectivity index (χ0v) is 10.4. The highest BCUT2D eigenvalue weighted by molar-refractivity contribution is 9.10. The second kappa shape index (κ2) is 5.75. The van der Waals surface area contributed by atoms with E-state index in [1.165, 1.54) is 0 Å². The quantitative estimate of drug-likeness (QED) is 0.856. The number of hydrogen-bond donors (Lipinski definition) is 1. The van der Waals surface area contributed by atoms with Crippen LogP contribution in [-0.4, -0.2) is 18.6 Å². The van der Waals surface area contributed by atoms with E-state index in [2.05, 4.69) is 21.2 Å². The summed E-state index contributed by atoms with van der Waals surface area (Å²) in [6.45, 7) is 3.98. The first-order chi connectivity index (χ1) is 7.13. The number of esters is 1. The summed E-state index contributed by atoms with van der Waals surface area (Å²) in [4.78, 5) is 11.3. The maximum atomic E-state index is 11.3. The van der Waals surface area contributed by atoms with E-state index in [-0.39, 0.29) is 12.0 Å². The number of benzene rings is 1. The van der Waals surface area contributed by atoms with Gasteiger partial charge in [0.2, 0.25) is 0 Å². The van der Waals surface area contributed by atoms with Gasteiger partial charge in [0, 0.05) is 10.2 Å². The van der Waals surface area contributed by atoms with Gasteiger partial charge in [0.25, 0.3) is 0 Å². The first-order valence-corrected chi connectivity index (χ1v) is 5.61. The van der Waals surface area contributed by atoms with Crippen molar-refractivity contribution in [3.8, 4) is 0 Å². The molecular formula is C11H14BrNO2. The smallest absolute Gasteiger partial charge is 0.328 e. The molecule has 1 aromatic rings. The molecule has 0 unspecified atom stereocenters. The van der Waals surface area contributed by atoms with Crippen molar-refractivity contribution in [3.05, 3.63) is 28.7 Å². The number of ether oxygens (including phenoxy) is 1. The van der Waals surface area contributed by atoms with Gasteiger partial charge in [-0.1, -0.05) is 15.9 Å². The molecule has 0 aliphatic rings. The second-order valence-corrected chi connectivity index (χ2v) is 4.04. The number of anilines is 1. The number of carbonyl (C=O) groups excluding carboxylic acids is 1. The van der Waals surface area contributed by atoms with Crippen molar-refractivity contribution >= 4 is 27.6 Å². The average molecular weight is 272 g/mol. The van der Waals surface area contributed by atoms with Crippen molar-refractivity contribution in [2.45, 2.75) is 19.9 Å². The summed E-state index contributed by atoms with van der Waals surface area (Å²) >= 11 is 3.35. The Labute approximate surface area is 97.9 Å². The van der Waals surface area contributed by atoms with Crippen LogP contribution in [0.15, 0.2) is 28.7 Å². The first-order valence-electron chi connectivity index (χ1n) is 4.82. The zero-order valence-electron chi connectivity index (χ0n) is 8.79. The highest BCUT2D eigenvalue weighted by Gasteiger charge is 2.12. The maximum Gasteiger partial charge on any atom is 0.328 e. The lowest BCUT2D eigenvalue weighted by Crippen LogP contribution is -2.28. The number of rotatable bonds is 4. The summed E-state index contributed by atoms with van der Waals surface area (Å²) in [7, 11) is 0. The highest BCUT2D eigenvalue weighted by Crippen LogP contribution is 2.14.